The number of ether oxygens (including phenoxy) is 1. The van der Waals surface area contributed by atoms with Gasteiger partial charge in [-0.05, 0) is 55.7 Å². The van der Waals surface area contributed by atoms with Crippen molar-refractivity contribution < 1.29 is 18.4 Å². The Morgan fingerprint density at radius 1 is 1.18 bits per heavy atom. The molecule has 0 fully saturated rings. The number of hydrogen-bond acceptors (Lipinski definition) is 5. The maximum atomic E-state index is 14.0. The number of amides is 1. The first-order chi connectivity index (χ1) is 16.0. The molecule has 8 heteroatoms. The van der Waals surface area contributed by atoms with Crippen molar-refractivity contribution in [1.29, 1.82) is 0 Å². The van der Waals surface area contributed by atoms with E-state index in [0.717, 1.165) is 12.8 Å². The van der Waals surface area contributed by atoms with Gasteiger partial charge in [-0.1, -0.05) is 35.5 Å². The van der Waals surface area contributed by atoms with Gasteiger partial charge in [-0.25, -0.2) is 4.39 Å². The van der Waals surface area contributed by atoms with Gasteiger partial charge in [0.15, 0.2) is 11.6 Å². The predicted molar refractivity (Wildman–Crippen MR) is 122 cm³/mol. The first-order valence-corrected chi connectivity index (χ1v) is 10.7. The fraction of sp³-hybridized carbons (Fsp3) is 0.240. The van der Waals surface area contributed by atoms with E-state index in [1.54, 1.807) is 29.0 Å². The summed E-state index contributed by atoms with van der Waals surface area (Å²) < 4.78 is 26.1. The van der Waals surface area contributed by atoms with Gasteiger partial charge in [0.25, 0.3) is 5.89 Å². The van der Waals surface area contributed by atoms with Crippen LogP contribution in [0, 0.1) is 5.82 Å². The first kappa shape index (κ1) is 22.3. The fourth-order valence-corrected chi connectivity index (χ4v) is 3.57. The van der Waals surface area contributed by atoms with Crippen molar-refractivity contribution in [2.45, 2.75) is 32.4 Å². The van der Waals surface area contributed by atoms with E-state index in [9.17, 15) is 9.18 Å². The monoisotopic (exact) mass is 448 g/mol. The molecular weight excluding hydrogens is 423 g/mol. The Morgan fingerprint density at radius 3 is 2.76 bits per heavy atom. The zero-order valence-electron chi connectivity index (χ0n) is 18.5. The Labute approximate surface area is 191 Å². The molecule has 0 unspecified atom stereocenters. The van der Waals surface area contributed by atoms with E-state index in [1.165, 1.54) is 24.8 Å². The maximum absolute atomic E-state index is 14.0. The van der Waals surface area contributed by atoms with E-state index in [4.69, 9.17) is 9.26 Å². The minimum atomic E-state index is -0.511. The van der Waals surface area contributed by atoms with Crippen LogP contribution in [0.5, 0.6) is 5.75 Å². The summed E-state index contributed by atoms with van der Waals surface area (Å²) in [5.74, 6) is 0.0163. The van der Waals surface area contributed by atoms with E-state index in [2.05, 4.69) is 27.6 Å². The average molecular weight is 448 g/mol. The van der Waals surface area contributed by atoms with E-state index in [1.807, 2.05) is 25.1 Å². The summed E-state index contributed by atoms with van der Waals surface area (Å²) in [5.41, 5.74) is 2.32. The van der Waals surface area contributed by atoms with Crippen LogP contribution < -0.4 is 10.1 Å². The molecule has 1 N–H and O–H groups in total. The number of methoxy groups -OCH3 is 1. The molecule has 0 bridgehead atoms. The molecule has 1 atom stereocenters. The second kappa shape index (κ2) is 10.1. The highest BCUT2D eigenvalue weighted by molar-refractivity contribution is 5.76. The van der Waals surface area contributed by atoms with Gasteiger partial charge in [-0.3, -0.25) is 4.79 Å². The molecule has 33 heavy (non-hydrogen) atoms. The third kappa shape index (κ3) is 5.46. The molecule has 4 aromatic rings. The highest BCUT2D eigenvalue weighted by Gasteiger charge is 2.17. The van der Waals surface area contributed by atoms with Crippen LogP contribution in [0.3, 0.4) is 0 Å². The molecule has 1 amide bonds. The molecule has 0 aliphatic heterocycles. The number of carbonyl (C=O) groups excluding carboxylic acids is 1. The lowest BCUT2D eigenvalue weighted by Gasteiger charge is -2.15. The number of benzene rings is 2. The van der Waals surface area contributed by atoms with Crippen molar-refractivity contribution in [2.24, 2.45) is 0 Å². The van der Waals surface area contributed by atoms with Gasteiger partial charge in [0.05, 0.1) is 7.11 Å². The van der Waals surface area contributed by atoms with Gasteiger partial charge in [-0.2, -0.15) is 4.98 Å². The van der Waals surface area contributed by atoms with Crippen molar-refractivity contribution in [2.75, 3.05) is 7.11 Å². The summed E-state index contributed by atoms with van der Waals surface area (Å²) in [7, 11) is 1.40. The standard InChI is InChI=1S/C25H25FN4O3/c1-17(10-11-18-7-4-3-5-8-18)27-23(31)16-30-14-6-9-21(30)25-28-24(29-33-25)19-12-13-22(32-2)20(26)15-19/h3-9,12-15,17H,10-11,16H2,1-2H3,(H,27,31)/t17-/m0/s1. The Bertz CT molecular complexity index is 1220. The second-order valence-electron chi connectivity index (χ2n) is 7.79. The molecule has 2 heterocycles. The maximum Gasteiger partial charge on any atom is 0.274 e. The van der Waals surface area contributed by atoms with E-state index in [-0.39, 0.29) is 36.0 Å². The van der Waals surface area contributed by atoms with Crippen LogP contribution in [0.2, 0.25) is 0 Å². The number of hydrogen-bond donors (Lipinski definition) is 1. The van der Waals surface area contributed by atoms with Crippen LogP contribution in [0.25, 0.3) is 23.0 Å². The lowest BCUT2D eigenvalue weighted by Crippen LogP contribution is -2.35. The van der Waals surface area contributed by atoms with Crippen LogP contribution in [0.1, 0.15) is 18.9 Å². The van der Waals surface area contributed by atoms with E-state index in [0.29, 0.717) is 11.3 Å². The van der Waals surface area contributed by atoms with Crippen molar-refractivity contribution in [1.82, 2.24) is 20.0 Å². The topological polar surface area (TPSA) is 82.2 Å². The molecule has 0 aliphatic carbocycles. The zero-order valence-corrected chi connectivity index (χ0v) is 18.5. The summed E-state index contributed by atoms with van der Waals surface area (Å²) in [5, 5.41) is 6.99. The predicted octanol–water partition coefficient (Wildman–Crippen LogP) is 4.49. The summed E-state index contributed by atoms with van der Waals surface area (Å²) in [6.07, 6.45) is 3.52. The molecule has 7 nitrogen and oxygen atoms in total. The smallest absolute Gasteiger partial charge is 0.274 e. The number of carbonyl (C=O) groups is 1. The average Bonchev–Trinajstić information content (AvgIpc) is 3.48. The molecule has 0 saturated carbocycles. The van der Waals surface area contributed by atoms with E-state index >= 15 is 0 Å². The van der Waals surface area contributed by atoms with Crippen molar-refractivity contribution in [3.8, 4) is 28.7 Å². The second-order valence-corrected chi connectivity index (χ2v) is 7.79. The van der Waals surface area contributed by atoms with E-state index < -0.39 is 5.82 Å². The molecule has 0 saturated heterocycles. The fourth-order valence-electron chi connectivity index (χ4n) is 3.57. The van der Waals surface area contributed by atoms with Crippen LogP contribution >= 0.6 is 0 Å². The molecule has 0 radical (unpaired) electrons. The minimum absolute atomic E-state index is 0.0386. The van der Waals surface area contributed by atoms with Crippen LogP contribution in [0.4, 0.5) is 4.39 Å². The first-order valence-electron chi connectivity index (χ1n) is 10.7. The summed E-state index contributed by atoms with van der Waals surface area (Å²) in [6.45, 7) is 2.11. The summed E-state index contributed by atoms with van der Waals surface area (Å²) in [4.78, 5) is 17.0. The van der Waals surface area contributed by atoms with Gasteiger partial charge < -0.3 is 19.1 Å². The number of nitrogens with one attached hydrogen (secondary N) is 1. The quantitative estimate of drug-likeness (QED) is 0.408. The highest BCUT2D eigenvalue weighted by atomic mass is 19.1. The SMILES string of the molecule is COc1ccc(-c2noc(-c3cccn3CC(=O)N[C@@H](C)CCc3ccccc3)n2)cc1F. The number of nitrogens with zero attached hydrogens (tertiary/aromatic N) is 3. The zero-order chi connectivity index (χ0) is 23.2. The molecule has 2 aromatic carbocycles. The Kier molecular flexibility index (Phi) is 6.83. The lowest BCUT2D eigenvalue weighted by molar-refractivity contribution is -0.122. The Morgan fingerprint density at radius 2 is 2.00 bits per heavy atom. The number of aromatic nitrogens is 3. The molecule has 0 spiro atoms. The van der Waals surface area contributed by atoms with Gasteiger partial charge >= 0.3 is 0 Å². The van der Waals surface area contributed by atoms with Gasteiger partial charge in [0.1, 0.15) is 12.2 Å². The largest absolute Gasteiger partial charge is 0.494 e. The van der Waals surface area contributed by atoms with Crippen molar-refractivity contribution in [3.05, 3.63) is 78.2 Å². The Balaban J connectivity index is 1.39. The van der Waals surface area contributed by atoms with Crippen LogP contribution in [-0.2, 0) is 17.8 Å². The Hall–Kier alpha value is -3.94. The van der Waals surface area contributed by atoms with Crippen LogP contribution in [-0.4, -0.2) is 33.8 Å². The van der Waals surface area contributed by atoms with Gasteiger partial charge in [0, 0.05) is 17.8 Å². The highest BCUT2D eigenvalue weighted by Crippen LogP contribution is 2.26. The van der Waals surface area contributed by atoms with Gasteiger partial charge in [-0.15, -0.1) is 0 Å². The van der Waals surface area contributed by atoms with Gasteiger partial charge in [0.2, 0.25) is 11.7 Å². The number of halogens is 1. The molecule has 4 rings (SSSR count). The van der Waals surface area contributed by atoms with Crippen LogP contribution in [0.15, 0.2) is 71.4 Å². The van der Waals surface area contributed by atoms with Crippen molar-refractivity contribution in [3.63, 3.8) is 0 Å². The normalized spacial score (nSPS) is 11.8. The third-order valence-electron chi connectivity index (χ3n) is 5.31. The minimum Gasteiger partial charge on any atom is -0.494 e. The molecule has 170 valence electrons. The number of rotatable bonds is 9. The summed E-state index contributed by atoms with van der Waals surface area (Å²) in [6, 6.07) is 18.3. The molecular formula is C25H25FN4O3. The van der Waals surface area contributed by atoms with Crippen molar-refractivity contribution >= 4 is 5.91 Å². The molecule has 0 aliphatic rings. The number of aryl methyl sites for hydroxylation is 1. The third-order valence-corrected chi connectivity index (χ3v) is 5.31. The molecule has 2 aromatic heterocycles. The summed E-state index contributed by atoms with van der Waals surface area (Å²) >= 11 is 0. The lowest BCUT2D eigenvalue weighted by atomic mass is 10.1.